The first-order valence-corrected chi connectivity index (χ1v) is 5.70. The van der Waals surface area contributed by atoms with E-state index in [4.69, 9.17) is 0 Å². The van der Waals surface area contributed by atoms with Gasteiger partial charge in [0.05, 0.1) is 0 Å². The summed E-state index contributed by atoms with van der Waals surface area (Å²) in [7, 11) is 0. The third-order valence-electron chi connectivity index (χ3n) is 2.98. The molecule has 0 spiro atoms. The van der Waals surface area contributed by atoms with Crippen molar-refractivity contribution >= 4 is 5.78 Å². The normalized spacial score (nSPS) is 15.1. The van der Waals surface area contributed by atoms with Crippen LogP contribution in [0, 0.1) is 5.92 Å². The summed E-state index contributed by atoms with van der Waals surface area (Å²) in [5.74, 6) is 0.268. The van der Waals surface area contributed by atoms with Gasteiger partial charge in [0, 0.05) is 23.4 Å². The van der Waals surface area contributed by atoms with E-state index in [1.54, 1.807) is 6.20 Å². The van der Waals surface area contributed by atoms with E-state index in [9.17, 15) is 4.79 Å². The molecule has 0 saturated carbocycles. The maximum absolute atomic E-state index is 11.8. The first kappa shape index (κ1) is 10.3. The Kier molecular flexibility index (Phi) is 2.85. The number of aromatic nitrogens is 1. The first-order chi connectivity index (χ1) is 7.18. The van der Waals surface area contributed by atoms with Crippen molar-refractivity contribution in [2.75, 3.05) is 0 Å². The average Bonchev–Trinajstić information content (AvgIpc) is 2.27. The highest BCUT2D eigenvalue weighted by Crippen LogP contribution is 2.21. The lowest BCUT2D eigenvalue weighted by Gasteiger charge is -2.15. The van der Waals surface area contributed by atoms with Crippen LogP contribution in [0.1, 0.15) is 48.3 Å². The van der Waals surface area contributed by atoms with Crippen molar-refractivity contribution in [3.05, 3.63) is 29.1 Å². The molecule has 2 nitrogen and oxygen atoms in total. The largest absolute Gasteiger partial charge is 0.294 e. The molecule has 0 radical (unpaired) electrons. The van der Waals surface area contributed by atoms with Crippen LogP contribution in [0.5, 0.6) is 0 Å². The van der Waals surface area contributed by atoms with Crippen molar-refractivity contribution in [2.45, 2.75) is 39.5 Å². The van der Waals surface area contributed by atoms with Crippen LogP contribution in [0.4, 0.5) is 0 Å². The number of aryl methyl sites for hydroxylation is 2. The van der Waals surface area contributed by atoms with E-state index >= 15 is 0 Å². The van der Waals surface area contributed by atoms with Gasteiger partial charge in [-0.2, -0.15) is 0 Å². The van der Waals surface area contributed by atoms with Crippen molar-refractivity contribution in [1.29, 1.82) is 0 Å². The number of Topliss-reactive ketones (excluding diaryl/α,β-unsaturated/α-hetero) is 1. The number of hydrogen-bond donors (Lipinski definition) is 0. The van der Waals surface area contributed by atoms with Gasteiger partial charge < -0.3 is 0 Å². The van der Waals surface area contributed by atoms with Gasteiger partial charge in [-0.1, -0.05) is 13.8 Å². The van der Waals surface area contributed by atoms with Gasteiger partial charge in [0.25, 0.3) is 0 Å². The van der Waals surface area contributed by atoms with Gasteiger partial charge in [0.2, 0.25) is 0 Å². The van der Waals surface area contributed by atoms with Crippen molar-refractivity contribution in [3.63, 3.8) is 0 Å². The lowest BCUT2D eigenvalue weighted by molar-refractivity contribution is 0.0939. The van der Waals surface area contributed by atoms with Crippen molar-refractivity contribution in [3.8, 4) is 0 Å². The number of fused-ring (bicyclic) bond motifs is 1. The van der Waals surface area contributed by atoms with E-state index in [0.717, 1.165) is 18.4 Å². The fraction of sp³-hybridized carbons (Fsp3) is 0.538. The second kappa shape index (κ2) is 4.13. The number of pyridine rings is 1. The molecule has 0 N–H and O–H groups in total. The number of carbonyl (C=O) groups excluding carboxylic acids is 1. The van der Waals surface area contributed by atoms with Gasteiger partial charge >= 0.3 is 0 Å². The standard InChI is InChI=1S/C13H17NO/c1-9(2)13(15)11-7-10-5-3-4-6-12(10)14-8-11/h7-9H,3-6H2,1-2H3. The highest BCUT2D eigenvalue weighted by molar-refractivity contribution is 5.97. The minimum Gasteiger partial charge on any atom is -0.294 e. The Balaban J connectivity index is 2.32. The minimum absolute atomic E-state index is 0.0634. The SMILES string of the molecule is CC(C)C(=O)c1cnc2c(c1)CCCC2. The molecule has 0 unspecified atom stereocenters. The molecule has 1 aromatic rings. The molecule has 0 saturated heterocycles. The van der Waals surface area contributed by atoms with Crippen molar-refractivity contribution in [2.24, 2.45) is 5.92 Å². The molecule has 1 heterocycles. The molecule has 1 aromatic heterocycles. The number of hydrogen-bond acceptors (Lipinski definition) is 2. The molecule has 1 aliphatic carbocycles. The third-order valence-corrected chi connectivity index (χ3v) is 2.98. The Hall–Kier alpha value is -1.18. The van der Waals surface area contributed by atoms with Gasteiger partial charge in [-0.25, -0.2) is 0 Å². The summed E-state index contributed by atoms with van der Waals surface area (Å²) >= 11 is 0. The second-order valence-electron chi connectivity index (χ2n) is 4.56. The Morgan fingerprint density at radius 1 is 1.33 bits per heavy atom. The van der Waals surface area contributed by atoms with E-state index in [-0.39, 0.29) is 11.7 Å². The third kappa shape index (κ3) is 2.09. The topological polar surface area (TPSA) is 30.0 Å². The monoisotopic (exact) mass is 203 g/mol. The maximum atomic E-state index is 11.8. The summed E-state index contributed by atoms with van der Waals surface area (Å²) in [6.07, 6.45) is 6.37. The van der Waals surface area contributed by atoms with E-state index in [1.807, 2.05) is 19.9 Å². The first-order valence-electron chi connectivity index (χ1n) is 5.70. The summed E-state index contributed by atoms with van der Waals surface area (Å²) in [5, 5.41) is 0. The smallest absolute Gasteiger partial charge is 0.166 e. The van der Waals surface area contributed by atoms with Crippen molar-refractivity contribution < 1.29 is 4.79 Å². The highest BCUT2D eigenvalue weighted by Gasteiger charge is 2.15. The molecular weight excluding hydrogens is 186 g/mol. The van der Waals surface area contributed by atoms with E-state index in [1.165, 1.54) is 24.1 Å². The van der Waals surface area contributed by atoms with Crippen LogP contribution < -0.4 is 0 Å². The molecule has 2 rings (SSSR count). The van der Waals surface area contributed by atoms with E-state index < -0.39 is 0 Å². The highest BCUT2D eigenvalue weighted by atomic mass is 16.1. The van der Waals surface area contributed by atoms with Crippen LogP contribution in [0.3, 0.4) is 0 Å². The summed E-state index contributed by atoms with van der Waals surface area (Å²) in [4.78, 5) is 16.2. The number of rotatable bonds is 2. The Bertz CT molecular complexity index is 382. The molecule has 1 aliphatic rings. The van der Waals surface area contributed by atoms with Crippen molar-refractivity contribution in [1.82, 2.24) is 4.98 Å². The van der Waals surface area contributed by atoms with Gasteiger partial charge in [0.1, 0.15) is 0 Å². The van der Waals surface area contributed by atoms with Gasteiger partial charge in [0.15, 0.2) is 5.78 Å². The average molecular weight is 203 g/mol. The van der Waals surface area contributed by atoms with Crippen LogP contribution in [0.2, 0.25) is 0 Å². The van der Waals surface area contributed by atoms with Crippen LogP contribution in [0.25, 0.3) is 0 Å². The number of carbonyl (C=O) groups is 1. The van der Waals surface area contributed by atoms with E-state index in [2.05, 4.69) is 4.98 Å². The predicted molar refractivity (Wildman–Crippen MR) is 60.0 cm³/mol. The van der Waals surface area contributed by atoms with Gasteiger partial charge in [-0.15, -0.1) is 0 Å². The Morgan fingerprint density at radius 2 is 2.07 bits per heavy atom. The van der Waals surface area contributed by atoms with Crippen LogP contribution in [0.15, 0.2) is 12.3 Å². The molecule has 0 bridgehead atoms. The molecule has 0 atom stereocenters. The second-order valence-corrected chi connectivity index (χ2v) is 4.56. The quantitative estimate of drug-likeness (QED) is 0.692. The molecule has 0 fully saturated rings. The summed E-state index contributed by atoms with van der Waals surface area (Å²) < 4.78 is 0. The van der Waals surface area contributed by atoms with Crippen LogP contribution in [-0.2, 0) is 12.8 Å². The zero-order valence-electron chi connectivity index (χ0n) is 9.42. The van der Waals surface area contributed by atoms with Crippen LogP contribution >= 0.6 is 0 Å². The molecule has 80 valence electrons. The summed E-state index contributed by atoms with van der Waals surface area (Å²) in [5.41, 5.74) is 3.26. The minimum atomic E-state index is 0.0634. The predicted octanol–water partition coefficient (Wildman–Crippen LogP) is 2.80. The fourth-order valence-corrected chi connectivity index (χ4v) is 2.06. The number of nitrogens with zero attached hydrogens (tertiary/aromatic N) is 1. The molecular formula is C13H17NO. The molecule has 15 heavy (non-hydrogen) atoms. The van der Waals surface area contributed by atoms with Crippen LogP contribution in [-0.4, -0.2) is 10.8 Å². The van der Waals surface area contributed by atoms with E-state index in [0.29, 0.717) is 0 Å². The number of ketones is 1. The zero-order chi connectivity index (χ0) is 10.8. The lowest BCUT2D eigenvalue weighted by Crippen LogP contribution is -2.12. The van der Waals surface area contributed by atoms with Gasteiger partial charge in [-0.05, 0) is 37.3 Å². The Morgan fingerprint density at radius 3 is 2.80 bits per heavy atom. The lowest BCUT2D eigenvalue weighted by atomic mass is 9.93. The Labute approximate surface area is 90.7 Å². The molecule has 0 amide bonds. The maximum Gasteiger partial charge on any atom is 0.166 e. The zero-order valence-corrected chi connectivity index (χ0v) is 9.42. The summed E-state index contributed by atoms with van der Waals surface area (Å²) in [6.45, 7) is 3.86. The summed E-state index contributed by atoms with van der Waals surface area (Å²) in [6, 6.07) is 2.05. The molecule has 2 heteroatoms. The molecule has 0 aliphatic heterocycles. The molecule has 0 aromatic carbocycles. The van der Waals surface area contributed by atoms with Gasteiger partial charge in [-0.3, -0.25) is 9.78 Å². The fourth-order valence-electron chi connectivity index (χ4n) is 2.06.